The number of nitrogens with one attached hydrogen (secondary N) is 1. The molecule has 0 radical (unpaired) electrons. The summed E-state index contributed by atoms with van der Waals surface area (Å²) in [6.45, 7) is 5.75. The van der Waals surface area contributed by atoms with Crippen LogP contribution in [-0.2, 0) is 13.0 Å². The third-order valence-corrected chi connectivity index (χ3v) is 4.74. The molecule has 0 atom stereocenters. The Kier molecular flexibility index (Phi) is 6.07. The molecule has 0 aliphatic rings. The summed E-state index contributed by atoms with van der Waals surface area (Å²) < 4.78 is 1.12. The molecule has 1 aromatic heterocycles. The number of nitrogens with zero attached hydrogens (tertiary/aromatic N) is 1. The van der Waals surface area contributed by atoms with Crippen molar-refractivity contribution in [2.24, 2.45) is 0 Å². The first-order valence-electron chi connectivity index (χ1n) is 9.61. The van der Waals surface area contributed by atoms with E-state index >= 15 is 0 Å². The Bertz CT molecular complexity index is 1160. The number of hydrogen-bond donors (Lipinski definition) is 1. The summed E-state index contributed by atoms with van der Waals surface area (Å²) in [6.07, 6.45) is 3.97. The van der Waals surface area contributed by atoms with Crippen LogP contribution in [0.15, 0.2) is 64.2 Å². The number of ketones is 1. The van der Waals surface area contributed by atoms with E-state index in [1.165, 1.54) is 0 Å². The quantitative estimate of drug-likeness (QED) is 0.655. The van der Waals surface area contributed by atoms with E-state index in [9.17, 15) is 14.4 Å². The molecular formula is C24H24N2O3. The Morgan fingerprint density at radius 1 is 1.03 bits per heavy atom. The molecular weight excluding hydrogens is 364 g/mol. The molecule has 0 amide bonds. The van der Waals surface area contributed by atoms with Crippen LogP contribution in [0.2, 0.25) is 0 Å². The van der Waals surface area contributed by atoms with Gasteiger partial charge in [0.2, 0.25) is 5.78 Å². The van der Waals surface area contributed by atoms with Gasteiger partial charge in [-0.1, -0.05) is 66.6 Å². The number of H-pyrrole nitrogens is 1. The highest BCUT2D eigenvalue weighted by Gasteiger charge is 2.19. The summed E-state index contributed by atoms with van der Waals surface area (Å²) in [5.41, 5.74) is 2.74. The highest BCUT2D eigenvalue weighted by Crippen LogP contribution is 2.14. The summed E-state index contributed by atoms with van der Waals surface area (Å²) in [7, 11) is 0. The van der Waals surface area contributed by atoms with Crippen LogP contribution in [0.4, 0.5) is 0 Å². The Morgan fingerprint density at radius 2 is 1.69 bits per heavy atom. The second-order valence-corrected chi connectivity index (χ2v) is 7.07. The van der Waals surface area contributed by atoms with Crippen LogP contribution < -0.4 is 11.2 Å². The maximum atomic E-state index is 13.0. The summed E-state index contributed by atoms with van der Waals surface area (Å²) in [5.74, 6) is -0.338. The zero-order valence-corrected chi connectivity index (χ0v) is 16.9. The van der Waals surface area contributed by atoms with E-state index < -0.39 is 11.2 Å². The number of rotatable bonds is 6. The molecule has 0 saturated heterocycles. The molecule has 0 aliphatic heterocycles. The molecule has 0 fully saturated rings. The molecule has 0 aliphatic carbocycles. The number of hydrogen-bond acceptors (Lipinski definition) is 3. The molecule has 1 N–H and O–H groups in total. The van der Waals surface area contributed by atoms with Gasteiger partial charge in [-0.2, -0.15) is 0 Å². The topological polar surface area (TPSA) is 71.9 Å². The van der Waals surface area contributed by atoms with E-state index in [1.54, 1.807) is 25.1 Å². The van der Waals surface area contributed by atoms with Crippen LogP contribution in [0.1, 0.15) is 45.2 Å². The van der Waals surface area contributed by atoms with Gasteiger partial charge in [-0.25, -0.2) is 4.79 Å². The van der Waals surface area contributed by atoms with E-state index in [-0.39, 0.29) is 18.0 Å². The third kappa shape index (κ3) is 4.51. The maximum absolute atomic E-state index is 13.0. The SMILES string of the molecule is CCc1c(C(=O)c2cc(C)cc(C)c2)[nH]c(=O)n(C/C=C\c2ccccc2)c1=O. The highest BCUT2D eigenvalue weighted by atomic mass is 16.2. The lowest BCUT2D eigenvalue weighted by Gasteiger charge is -2.10. The zero-order chi connectivity index (χ0) is 21.0. The first-order chi connectivity index (χ1) is 13.9. The first kappa shape index (κ1) is 20.3. The smallest absolute Gasteiger partial charge is 0.303 e. The molecule has 148 valence electrons. The lowest BCUT2D eigenvalue weighted by atomic mass is 9.99. The third-order valence-electron chi connectivity index (χ3n) is 4.74. The molecule has 5 heteroatoms. The van der Waals surface area contributed by atoms with Crippen molar-refractivity contribution in [3.05, 3.63) is 109 Å². The van der Waals surface area contributed by atoms with E-state index in [4.69, 9.17) is 0 Å². The van der Waals surface area contributed by atoms with Gasteiger partial charge in [-0.3, -0.25) is 14.2 Å². The molecule has 0 spiro atoms. The number of allylic oxidation sites excluding steroid dienone is 1. The summed E-state index contributed by atoms with van der Waals surface area (Å²) in [5, 5.41) is 0. The molecule has 5 nitrogen and oxygen atoms in total. The average Bonchev–Trinajstić information content (AvgIpc) is 2.69. The first-order valence-corrected chi connectivity index (χ1v) is 9.61. The van der Waals surface area contributed by atoms with Crippen molar-refractivity contribution in [1.29, 1.82) is 0 Å². The normalized spacial score (nSPS) is 11.1. The van der Waals surface area contributed by atoms with Crippen molar-refractivity contribution < 1.29 is 4.79 Å². The van der Waals surface area contributed by atoms with Crippen molar-refractivity contribution in [2.45, 2.75) is 33.7 Å². The number of aryl methyl sites for hydroxylation is 2. The van der Waals surface area contributed by atoms with Gasteiger partial charge in [-0.15, -0.1) is 0 Å². The summed E-state index contributed by atoms with van der Waals surface area (Å²) in [6, 6.07) is 15.1. The van der Waals surface area contributed by atoms with Gasteiger partial charge in [0.1, 0.15) is 0 Å². The van der Waals surface area contributed by atoms with E-state index in [1.807, 2.05) is 56.3 Å². The minimum atomic E-state index is -0.586. The van der Waals surface area contributed by atoms with Gasteiger partial charge in [0.05, 0.1) is 5.69 Å². The number of carbonyl (C=O) groups is 1. The van der Waals surface area contributed by atoms with Gasteiger partial charge in [0, 0.05) is 17.7 Å². The Hall–Kier alpha value is -3.47. The van der Waals surface area contributed by atoms with Crippen molar-refractivity contribution in [3.8, 4) is 0 Å². The van der Waals surface area contributed by atoms with Crippen LogP contribution >= 0.6 is 0 Å². The molecule has 3 aromatic rings. The van der Waals surface area contributed by atoms with Crippen molar-refractivity contribution >= 4 is 11.9 Å². The van der Waals surface area contributed by atoms with Crippen LogP contribution in [-0.4, -0.2) is 15.3 Å². The lowest BCUT2D eigenvalue weighted by Crippen LogP contribution is -2.39. The number of aromatic nitrogens is 2. The largest absolute Gasteiger partial charge is 0.329 e. The molecule has 29 heavy (non-hydrogen) atoms. The van der Waals surface area contributed by atoms with Gasteiger partial charge in [-0.05, 0) is 38.0 Å². The number of carbonyl (C=O) groups excluding carboxylic acids is 1. The van der Waals surface area contributed by atoms with Gasteiger partial charge >= 0.3 is 5.69 Å². The average molecular weight is 388 g/mol. The van der Waals surface area contributed by atoms with E-state index in [0.29, 0.717) is 17.5 Å². The van der Waals surface area contributed by atoms with Crippen LogP contribution in [0.5, 0.6) is 0 Å². The molecule has 3 rings (SSSR count). The molecule has 1 heterocycles. The number of benzene rings is 2. The standard InChI is InChI=1S/C24H24N2O3/c1-4-20-21(22(27)19-14-16(2)13-17(3)15-19)25-24(29)26(23(20)28)12-8-11-18-9-6-5-7-10-18/h5-11,13-15H,4,12H2,1-3H3,(H,25,29)/b11-8-. The molecule has 0 bridgehead atoms. The zero-order valence-electron chi connectivity index (χ0n) is 16.9. The van der Waals surface area contributed by atoms with Crippen molar-refractivity contribution in [1.82, 2.24) is 9.55 Å². The Morgan fingerprint density at radius 3 is 2.31 bits per heavy atom. The predicted molar refractivity (Wildman–Crippen MR) is 116 cm³/mol. The van der Waals surface area contributed by atoms with Crippen molar-refractivity contribution in [3.63, 3.8) is 0 Å². The Labute approximate surface area is 169 Å². The van der Waals surface area contributed by atoms with Gasteiger partial charge in [0.25, 0.3) is 5.56 Å². The number of aromatic amines is 1. The predicted octanol–water partition coefficient (Wildman–Crippen LogP) is 3.66. The summed E-state index contributed by atoms with van der Waals surface area (Å²) in [4.78, 5) is 41.1. The molecule has 2 aromatic carbocycles. The van der Waals surface area contributed by atoms with Gasteiger partial charge < -0.3 is 4.98 Å². The fourth-order valence-electron chi connectivity index (χ4n) is 3.41. The summed E-state index contributed by atoms with van der Waals surface area (Å²) >= 11 is 0. The Balaban J connectivity index is 1.99. The van der Waals surface area contributed by atoms with E-state index in [2.05, 4.69) is 4.98 Å². The molecule has 0 saturated carbocycles. The fourth-order valence-corrected chi connectivity index (χ4v) is 3.41. The monoisotopic (exact) mass is 388 g/mol. The lowest BCUT2D eigenvalue weighted by molar-refractivity contribution is 0.103. The van der Waals surface area contributed by atoms with Crippen LogP contribution in [0.25, 0.3) is 6.08 Å². The van der Waals surface area contributed by atoms with Crippen molar-refractivity contribution in [2.75, 3.05) is 0 Å². The minimum Gasteiger partial charge on any atom is -0.303 e. The highest BCUT2D eigenvalue weighted by molar-refractivity contribution is 6.08. The van der Waals surface area contributed by atoms with Gasteiger partial charge in [0.15, 0.2) is 0 Å². The fraction of sp³-hybridized carbons (Fsp3) is 0.208. The second kappa shape index (κ2) is 8.69. The van der Waals surface area contributed by atoms with E-state index in [0.717, 1.165) is 21.3 Å². The second-order valence-electron chi connectivity index (χ2n) is 7.07. The van der Waals surface area contributed by atoms with Crippen LogP contribution in [0, 0.1) is 13.8 Å². The minimum absolute atomic E-state index is 0.0794. The maximum Gasteiger partial charge on any atom is 0.329 e. The van der Waals surface area contributed by atoms with Crippen LogP contribution in [0.3, 0.4) is 0 Å². The molecule has 0 unspecified atom stereocenters.